The van der Waals surface area contributed by atoms with Crippen molar-refractivity contribution in [1.82, 2.24) is 9.97 Å². The first kappa shape index (κ1) is 11.7. The maximum Gasteiger partial charge on any atom is 0.223 e. The van der Waals surface area contributed by atoms with Crippen molar-refractivity contribution < 1.29 is 5.11 Å². The topological polar surface area (TPSA) is 75.3 Å². The van der Waals surface area contributed by atoms with E-state index in [4.69, 9.17) is 5.73 Å². The molecule has 3 N–H and O–H groups in total. The van der Waals surface area contributed by atoms with Crippen molar-refractivity contribution in [3.05, 3.63) is 10.9 Å². The highest BCUT2D eigenvalue weighted by atomic mass is 32.1. The van der Waals surface area contributed by atoms with Gasteiger partial charge in [0.2, 0.25) is 5.95 Å². The Balaban J connectivity index is 2.04. The average molecular weight is 264 g/mol. The molecule has 0 aliphatic carbocycles. The third kappa shape index (κ3) is 2.02. The van der Waals surface area contributed by atoms with E-state index in [2.05, 4.69) is 27.9 Å². The summed E-state index contributed by atoms with van der Waals surface area (Å²) >= 11 is 1.64. The van der Waals surface area contributed by atoms with Crippen molar-refractivity contribution in [2.24, 2.45) is 0 Å². The molecule has 0 saturated carbocycles. The fourth-order valence-electron chi connectivity index (χ4n) is 2.36. The largest absolute Gasteiger partial charge is 0.393 e. The molecule has 0 aromatic carbocycles. The number of aliphatic hydroxyl groups is 1. The molecular weight excluding hydrogens is 248 g/mol. The van der Waals surface area contributed by atoms with Crippen LogP contribution in [0.5, 0.6) is 0 Å². The summed E-state index contributed by atoms with van der Waals surface area (Å²) in [6, 6.07) is 2.11. The van der Waals surface area contributed by atoms with Crippen LogP contribution in [-0.2, 0) is 0 Å². The van der Waals surface area contributed by atoms with Gasteiger partial charge in [0.1, 0.15) is 10.6 Å². The number of aromatic nitrogens is 2. The van der Waals surface area contributed by atoms with Crippen molar-refractivity contribution in [3.63, 3.8) is 0 Å². The molecule has 0 amide bonds. The lowest BCUT2D eigenvalue weighted by Crippen LogP contribution is -2.36. The first-order chi connectivity index (χ1) is 8.63. The second-order valence-electron chi connectivity index (χ2n) is 4.70. The third-order valence-corrected chi connectivity index (χ3v) is 4.22. The number of nitrogen functional groups attached to an aromatic ring is 1. The number of thiophene rings is 1. The highest BCUT2D eigenvalue weighted by molar-refractivity contribution is 7.18. The number of hydrogen-bond donors (Lipinski definition) is 2. The zero-order valence-corrected chi connectivity index (χ0v) is 11.1. The number of nitrogens with zero attached hydrogens (tertiary/aromatic N) is 3. The highest BCUT2D eigenvalue weighted by Crippen LogP contribution is 2.32. The van der Waals surface area contributed by atoms with Crippen molar-refractivity contribution in [1.29, 1.82) is 0 Å². The molecule has 0 bridgehead atoms. The molecule has 0 unspecified atom stereocenters. The number of nitrogens with two attached hydrogens (primary N) is 1. The minimum atomic E-state index is -0.180. The number of anilines is 2. The molecule has 1 aliphatic heterocycles. The predicted octanol–water partition coefficient (Wildman–Crippen LogP) is 1.54. The Morgan fingerprint density at radius 3 is 2.83 bits per heavy atom. The molecule has 3 rings (SSSR count). The molecule has 3 heterocycles. The summed E-state index contributed by atoms with van der Waals surface area (Å²) in [7, 11) is 0. The van der Waals surface area contributed by atoms with Gasteiger partial charge in [-0.25, -0.2) is 4.98 Å². The van der Waals surface area contributed by atoms with Gasteiger partial charge in [-0.2, -0.15) is 4.98 Å². The predicted molar refractivity (Wildman–Crippen MR) is 74.0 cm³/mol. The quantitative estimate of drug-likeness (QED) is 0.817. The van der Waals surface area contributed by atoms with Crippen LogP contribution in [0.25, 0.3) is 10.2 Å². The number of piperidine rings is 1. The molecule has 18 heavy (non-hydrogen) atoms. The Hall–Kier alpha value is -1.40. The van der Waals surface area contributed by atoms with E-state index in [-0.39, 0.29) is 6.10 Å². The minimum Gasteiger partial charge on any atom is -0.393 e. The monoisotopic (exact) mass is 264 g/mol. The van der Waals surface area contributed by atoms with Crippen LogP contribution in [0.1, 0.15) is 17.7 Å². The van der Waals surface area contributed by atoms with E-state index >= 15 is 0 Å². The van der Waals surface area contributed by atoms with Crippen LogP contribution in [0.4, 0.5) is 11.8 Å². The van der Waals surface area contributed by atoms with Crippen LogP contribution in [0.3, 0.4) is 0 Å². The average Bonchev–Trinajstić information content (AvgIpc) is 2.69. The van der Waals surface area contributed by atoms with Crippen molar-refractivity contribution in [3.8, 4) is 0 Å². The van der Waals surface area contributed by atoms with Crippen molar-refractivity contribution in [2.75, 3.05) is 23.7 Å². The van der Waals surface area contributed by atoms with Crippen molar-refractivity contribution in [2.45, 2.75) is 25.9 Å². The molecule has 1 fully saturated rings. The highest BCUT2D eigenvalue weighted by Gasteiger charge is 2.21. The van der Waals surface area contributed by atoms with Gasteiger partial charge in [-0.3, -0.25) is 0 Å². The van der Waals surface area contributed by atoms with Crippen molar-refractivity contribution >= 4 is 33.3 Å². The van der Waals surface area contributed by atoms with Gasteiger partial charge in [-0.15, -0.1) is 11.3 Å². The summed E-state index contributed by atoms with van der Waals surface area (Å²) in [6.45, 7) is 3.70. The fraction of sp³-hybridized carbons (Fsp3) is 0.500. The van der Waals surface area contributed by atoms with E-state index in [1.165, 1.54) is 4.88 Å². The second kappa shape index (κ2) is 4.37. The smallest absolute Gasteiger partial charge is 0.223 e. The number of aryl methyl sites for hydroxylation is 1. The molecule has 2 aromatic heterocycles. The van der Waals surface area contributed by atoms with Crippen LogP contribution in [0, 0.1) is 6.92 Å². The van der Waals surface area contributed by atoms with E-state index in [1.54, 1.807) is 11.3 Å². The maximum absolute atomic E-state index is 9.56. The van der Waals surface area contributed by atoms with Gasteiger partial charge in [0, 0.05) is 18.0 Å². The molecule has 6 heteroatoms. The Morgan fingerprint density at radius 1 is 1.39 bits per heavy atom. The Morgan fingerprint density at radius 2 is 2.11 bits per heavy atom. The van der Waals surface area contributed by atoms with Gasteiger partial charge in [-0.05, 0) is 25.8 Å². The van der Waals surface area contributed by atoms with E-state index in [0.717, 1.165) is 42.0 Å². The molecule has 1 saturated heterocycles. The van der Waals surface area contributed by atoms with Gasteiger partial charge in [0.25, 0.3) is 0 Å². The number of rotatable bonds is 1. The Bertz CT molecular complexity index is 575. The summed E-state index contributed by atoms with van der Waals surface area (Å²) in [6.07, 6.45) is 1.39. The van der Waals surface area contributed by atoms with E-state index < -0.39 is 0 Å². The lowest BCUT2D eigenvalue weighted by atomic mass is 10.1. The lowest BCUT2D eigenvalue weighted by molar-refractivity contribution is 0.145. The van der Waals surface area contributed by atoms with E-state index in [1.807, 2.05) is 0 Å². The normalized spacial score (nSPS) is 17.6. The summed E-state index contributed by atoms with van der Waals surface area (Å²) in [4.78, 5) is 13.0. The van der Waals surface area contributed by atoms with Gasteiger partial charge in [0.15, 0.2) is 0 Å². The van der Waals surface area contributed by atoms with Gasteiger partial charge < -0.3 is 15.7 Å². The van der Waals surface area contributed by atoms with Crippen LogP contribution in [0.2, 0.25) is 0 Å². The molecule has 0 atom stereocenters. The van der Waals surface area contributed by atoms with Crippen LogP contribution in [-0.4, -0.2) is 34.3 Å². The molecule has 0 spiro atoms. The molecule has 1 aliphatic rings. The summed E-state index contributed by atoms with van der Waals surface area (Å²) < 4.78 is 0. The zero-order chi connectivity index (χ0) is 12.7. The van der Waals surface area contributed by atoms with Gasteiger partial charge in [0.05, 0.1) is 11.5 Å². The van der Waals surface area contributed by atoms with Gasteiger partial charge >= 0.3 is 0 Å². The molecule has 5 nitrogen and oxygen atoms in total. The second-order valence-corrected chi connectivity index (χ2v) is 5.93. The van der Waals surface area contributed by atoms with E-state index in [9.17, 15) is 5.11 Å². The van der Waals surface area contributed by atoms with Crippen LogP contribution >= 0.6 is 11.3 Å². The van der Waals surface area contributed by atoms with E-state index in [0.29, 0.717) is 5.95 Å². The molecular formula is C12H16N4OS. The first-order valence-electron chi connectivity index (χ1n) is 6.10. The van der Waals surface area contributed by atoms with Crippen LogP contribution in [0.15, 0.2) is 6.07 Å². The maximum atomic E-state index is 9.56. The lowest BCUT2D eigenvalue weighted by Gasteiger charge is -2.30. The van der Waals surface area contributed by atoms with Gasteiger partial charge in [-0.1, -0.05) is 0 Å². The third-order valence-electron chi connectivity index (χ3n) is 3.28. The number of hydrogen-bond acceptors (Lipinski definition) is 6. The molecule has 96 valence electrons. The minimum absolute atomic E-state index is 0.180. The Kier molecular flexibility index (Phi) is 2.83. The fourth-order valence-corrected chi connectivity index (χ4v) is 3.24. The summed E-state index contributed by atoms with van der Waals surface area (Å²) in [5.41, 5.74) is 5.78. The molecule has 2 aromatic rings. The number of aliphatic hydroxyl groups excluding tert-OH is 1. The zero-order valence-electron chi connectivity index (χ0n) is 10.3. The summed E-state index contributed by atoms with van der Waals surface area (Å²) in [5, 5.41) is 10.6. The van der Waals surface area contributed by atoms with Crippen LogP contribution < -0.4 is 10.6 Å². The first-order valence-corrected chi connectivity index (χ1v) is 6.92. The standard InChI is InChI=1S/C12H16N4OS/c1-7-6-9-10(14-12(13)15-11(9)18-7)16-4-2-8(17)3-5-16/h6,8,17H,2-5H2,1H3,(H2,13,14,15). The molecule has 0 radical (unpaired) electrons. The summed E-state index contributed by atoms with van der Waals surface area (Å²) in [5.74, 6) is 1.24. The number of fused-ring (bicyclic) bond motifs is 1. The SMILES string of the molecule is Cc1cc2c(N3CCC(O)CC3)nc(N)nc2s1. The Labute approximate surface area is 109 Å².